The zero-order valence-corrected chi connectivity index (χ0v) is 31.0. The number of benzene rings is 6. The molecule has 0 radical (unpaired) electrons. The highest BCUT2D eigenvalue weighted by atomic mass is 32.1. The Labute approximate surface area is 317 Å². The number of hydrogen-bond donors (Lipinski definition) is 0. The van der Waals surface area contributed by atoms with E-state index in [1.807, 2.05) is 60.1 Å². The van der Waals surface area contributed by atoms with Crippen molar-refractivity contribution in [2.24, 2.45) is 0 Å². The van der Waals surface area contributed by atoms with E-state index < -0.39 is 0 Å². The fourth-order valence-electron chi connectivity index (χ4n) is 7.59. The van der Waals surface area contributed by atoms with Crippen LogP contribution in [0.1, 0.15) is 26.3 Å². The zero-order valence-electron chi connectivity index (χ0n) is 30.2. The third kappa shape index (κ3) is 5.37. The van der Waals surface area contributed by atoms with Crippen LogP contribution in [0, 0.1) is 0 Å². The molecule has 0 unspecified atom stereocenters. The molecule has 0 saturated carbocycles. The van der Waals surface area contributed by atoms with Crippen molar-refractivity contribution in [2.75, 3.05) is 0 Å². The quantitative estimate of drug-likeness (QED) is 0.178. The van der Waals surface area contributed by atoms with Gasteiger partial charge in [0.2, 0.25) is 0 Å². The van der Waals surface area contributed by atoms with Gasteiger partial charge in [0.15, 0.2) is 17.5 Å². The number of rotatable bonds is 5. The van der Waals surface area contributed by atoms with Gasteiger partial charge < -0.3 is 4.57 Å². The average Bonchev–Trinajstić information content (AvgIpc) is 3.76. The lowest BCUT2D eigenvalue weighted by Gasteiger charge is -2.19. The summed E-state index contributed by atoms with van der Waals surface area (Å²) in [5.74, 6) is 1.84. The van der Waals surface area contributed by atoms with Crippen LogP contribution in [0.4, 0.5) is 0 Å². The first-order valence-electron chi connectivity index (χ1n) is 18.2. The zero-order chi connectivity index (χ0) is 36.4. The van der Waals surface area contributed by atoms with Gasteiger partial charge in [0, 0.05) is 53.8 Å². The summed E-state index contributed by atoms with van der Waals surface area (Å²) in [4.78, 5) is 20.0. The molecule has 4 aromatic heterocycles. The van der Waals surface area contributed by atoms with Crippen molar-refractivity contribution in [3.63, 3.8) is 0 Å². The van der Waals surface area contributed by atoms with E-state index in [2.05, 4.69) is 140 Å². The van der Waals surface area contributed by atoms with Crippen molar-refractivity contribution >= 4 is 53.3 Å². The molecule has 6 aromatic carbocycles. The van der Waals surface area contributed by atoms with Crippen molar-refractivity contribution in [1.82, 2.24) is 24.5 Å². The van der Waals surface area contributed by atoms with Crippen LogP contribution in [0.5, 0.6) is 0 Å². The lowest BCUT2D eigenvalue weighted by Crippen LogP contribution is -2.10. The van der Waals surface area contributed by atoms with Gasteiger partial charge in [0.05, 0.1) is 22.9 Å². The van der Waals surface area contributed by atoms with Gasteiger partial charge in [-0.2, -0.15) is 0 Å². The van der Waals surface area contributed by atoms with E-state index in [9.17, 15) is 0 Å². The molecule has 0 aliphatic heterocycles. The normalized spacial score (nSPS) is 12.0. The van der Waals surface area contributed by atoms with Gasteiger partial charge in [-0.15, -0.1) is 11.3 Å². The van der Waals surface area contributed by atoms with E-state index in [1.54, 1.807) is 0 Å². The second kappa shape index (κ2) is 12.6. The second-order valence-electron chi connectivity index (χ2n) is 14.8. The van der Waals surface area contributed by atoms with Crippen LogP contribution in [0.15, 0.2) is 158 Å². The van der Waals surface area contributed by atoms with Crippen molar-refractivity contribution in [2.45, 2.75) is 26.2 Å². The third-order valence-corrected chi connectivity index (χ3v) is 11.6. The van der Waals surface area contributed by atoms with Crippen LogP contribution in [-0.4, -0.2) is 24.5 Å². The number of pyridine rings is 1. The summed E-state index contributed by atoms with van der Waals surface area (Å²) in [6, 6.07) is 51.5. The van der Waals surface area contributed by atoms with Gasteiger partial charge in [-0.05, 0) is 46.4 Å². The molecule has 0 amide bonds. The molecular formula is C48H35N5S. The Hall–Kier alpha value is -6.50. The number of aromatic nitrogens is 5. The molecule has 0 saturated heterocycles. The Morgan fingerprint density at radius 1 is 0.500 bits per heavy atom. The number of hydrogen-bond acceptors (Lipinski definition) is 5. The van der Waals surface area contributed by atoms with Gasteiger partial charge in [0.1, 0.15) is 0 Å². The Morgan fingerprint density at radius 3 is 1.94 bits per heavy atom. The van der Waals surface area contributed by atoms with E-state index in [0.29, 0.717) is 17.5 Å². The average molecular weight is 714 g/mol. The van der Waals surface area contributed by atoms with Gasteiger partial charge in [-0.25, -0.2) is 15.0 Å². The van der Waals surface area contributed by atoms with E-state index in [4.69, 9.17) is 15.0 Å². The fraction of sp³-hybridized carbons (Fsp3) is 0.0833. The van der Waals surface area contributed by atoms with Gasteiger partial charge in [-0.3, -0.25) is 4.98 Å². The highest BCUT2D eigenvalue weighted by molar-refractivity contribution is 7.26. The molecule has 0 N–H and O–H groups in total. The topological polar surface area (TPSA) is 56.5 Å². The predicted molar refractivity (Wildman–Crippen MR) is 225 cm³/mol. The van der Waals surface area contributed by atoms with Crippen molar-refractivity contribution < 1.29 is 0 Å². The number of para-hydroxylation sites is 1. The minimum Gasteiger partial charge on any atom is -0.307 e. The van der Waals surface area contributed by atoms with Crippen molar-refractivity contribution in [1.29, 1.82) is 0 Å². The minimum absolute atomic E-state index is 0.0382. The first-order valence-corrected chi connectivity index (χ1v) is 19.0. The van der Waals surface area contributed by atoms with Crippen molar-refractivity contribution in [3.05, 3.63) is 164 Å². The molecule has 10 rings (SSSR count). The molecule has 258 valence electrons. The molecule has 0 atom stereocenters. The van der Waals surface area contributed by atoms with Gasteiger partial charge in [-0.1, -0.05) is 142 Å². The first-order chi connectivity index (χ1) is 26.4. The van der Waals surface area contributed by atoms with E-state index in [1.165, 1.54) is 47.6 Å². The van der Waals surface area contributed by atoms with E-state index in [-0.39, 0.29) is 5.41 Å². The Bertz CT molecular complexity index is 3020. The maximum atomic E-state index is 5.18. The Morgan fingerprint density at radius 2 is 1.15 bits per heavy atom. The minimum atomic E-state index is 0.0382. The number of fused-ring (bicyclic) bond motifs is 6. The summed E-state index contributed by atoms with van der Waals surface area (Å²) in [6.07, 6.45) is 3.76. The maximum absolute atomic E-state index is 5.18. The van der Waals surface area contributed by atoms with Crippen LogP contribution in [-0.2, 0) is 5.41 Å². The van der Waals surface area contributed by atoms with Crippen molar-refractivity contribution in [3.8, 4) is 51.0 Å². The number of nitrogens with zero attached hydrogens (tertiary/aromatic N) is 5. The largest absolute Gasteiger partial charge is 0.307 e. The lowest BCUT2D eigenvalue weighted by atomic mass is 9.87. The molecule has 6 heteroatoms. The molecule has 5 nitrogen and oxygen atoms in total. The summed E-state index contributed by atoms with van der Waals surface area (Å²) >= 11 is 1.86. The molecule has 0 bridgehead atoms. The lowest BCUT2D eigenvalue weighted by molar-refractivity contribution is 0.590. The van der Waals surface area contributed by atoms with Crippen LogP contribution in [0.25, 0.3) is 93.0 Å². The first kappa shape index (κ1) is 32.2. The van der Waals surface area contributed by atoms with Crippen LogP contribution in [0.3, 0.4) is 0 Å². The molecule has 0 fully saturated rings. The predicted octanol–water partition coefficient (Wildman–Crippen LogP) is 12.7. The SMILES string of the molecule is CC(C)(C)c1ccc(-c2nc(-c3ccccc3)nc(-c3ccncc3-n3c4ccccc4c4ccc(-c5cccc6c5sc5ccccc56)cc43)n2)cc1. The summed E-state index contributed by atoms with van der Waals surface area (Å²) in [5, 5.41) is 4.93. The Kier molecular flexibility index (Phi) is 7.49. The maximum Gasteiger partial charge on any atom is 0.166 e. The fourth-order valence-corrected chi connectivity index (χ4v) is 8.82. The van der Waals surface area contributed by atoms with Crippen LogP contribution in [0.2, 0.25) is 0 Å². The summed E-state index contributed by atoms with van der Waals surface area (Å²) in [6.45, 7) is 6.68. The summed E-state index contributed by atoms with van der Waals surface area (Å²) < 4.78 is 4.92. The Balaban J connectivity index is 1.20. The van der Waals surface area contributed by atoms with Crippen LogP contribution < -0.4 is 0 Å². The molecule has 4 heterocycles. The summed E-state index contributed by atoms with van der Waals surface area (Å²) in [7, 11) is 0. The second-order valence-corrected chi connectivity index (χ2v) is 15.8. The van der Waals surface area contributed by atoms with Gasteiger partial charge >= 0.3 is 0 Å². The third-order valence-electron chi connectivity index (χ3n) is 10.3. The highest BCUT2D eigenvalue weighted by Crippen LogP contribution is 2.42. The number of thiophene rings is 1. The van der Waals surface area contributed by atoms with E-state index >= 15 is 0 Å². The molecule has 0 aliphatic carbocycles. The highest BCUT2D eigenvalue weighted by Gasteiger charge is 2.21. The smallest absolute Gasteiger partial charge is 0.166 e. The molecule has 0 spiro atoms. The molecular weight excluding hydrogens is 679 g/mol. The van der Waals surface area contributed by atoms with Crippen LogP contribution >= 0.6 is 11.3 Å². The molecule has 54 heavy (non-hydrogen) atoms. The monoisotopic (exact) mass is 713 g/mol. The molecule has 0 aliphatic rings. The van der Waals surface area contributed by atoms with Gasteiger partial charge in [0.25, 0.3) is 0 Å². The molecule has 10 aromatic rings. The summed E-state index contributed by atoms with van der Waals surface area (Å²) in [5.41, 5.74) is 9.53. The standard InChI is InChI=1S/C48H35N5S/c1-48(2,3)33-23-20-31(21-24-33)46-50-45(30-12-5-4-6-13-30)51-47(52-46)39-26-27-49-29-42(39)53-40-18-9-7-14-35(40)36-25-22-32(28-41(36)53)34-16-11-17-38-37-15-8-10-19-43(37)54-44(34)38/h4-29H,1-3H3. The van der Waals surface area contributed by atoms with E-state index in [0.717, 1.165) is 33.4 Å².